The molecule has 0 saturated heterocycles. The van der Waals surface area contributed by atoms with Gasteiger partial charge in [-0.1, -0.05) is 169 Å². The molecule has 8 heteroatoms. The Bertz CT molecular complexity index is 982. The van der Waals surface area contributed by atoms with E-state index in [0.717, 1.165) is 84.1 Å². The molecule has 0 aromatic carbocycles. The molecule has 0 aliphatic heterocycles. The van der Waals surface area contributed by atoms with Gasteiger partial charge in [0, 0.05) is 37.7 Å². The molecule has 0 bridgehead atoms. The fourth-order valence-corrected chi connectivity index (χ4v) is 8.13. The van der Waals surface area contributed by atoms with Crippen LogP contribution in [0.3, 0.4) is 0 Å². The van der Waals surface area contributed by atoms with Gasteiger partial charge in [-0.05, 0) is 77.5 Å². The van der Waals surface area contributed by atoms with E-state index < -0.39 is 0 Å². The molecule has 0 radical (unpaired) electrons. The summed E-state index contributed by atoms with van der Waals surface area (Å²) in [6.07, 6.45) is 39.3. The first kappa shape index (κ1) is 54.1. The van der Waals surface area contributed by atoms with E-state index in [0.29, 0.717) is 37.9 Å². The molecule has 0 aliphatic rings. The summed E-state index contributed by atoms with van der Waals surface area (Å²) in [5.74, 6) is 1.33. The van der Waals surface area contributed by atoms with Crippen LogP contribution in [-0.4, -0.2) is 78.5 Å². The molecule has 0 spiro atoms. The molecular weight excluding hydrogens is 721 g/mol. The Hall–Kier alpha value is -1.93. The smallest absolute Gasteiger partial charge is 0.305 e. The average Bonchev–Trinajstić information content (AvgIpc) is 3.66. The minimum absolute atomic E-state index is 0.0270. The van der Waals surface area contributed by atoms with Gasteiger partial charge in [0.05, 0.1) is 26.0 Å². The first-order chi connectivity index (χ1) is 28.3. The molecule has 0 saturated carbocycles. The van der Waals surface area contributed by atoms with Gasteiger partial charge in [-0.25, -0.2) is 0 Å². The van der Waals surface area contributed by atoms with Crippen molar-refractivity contribution in [3.63, 3.8) is 0 Å². The summed E-state index contributed by atoms with van der Waals surface area (Å²) < 4.78 is 13.5. The summed E-state index contributed by atoms with van der Waals surface area (Å²) in [5, 5.41) is 4.62. The molecule has 0 aliphatic carbocycles. The van der Waals surface area contributed by atoms with E-state index in [4.69, 9.17) is 9.47 Å². The summed E-state index contributed by atoms with van der Waals surface area (Å²) in [5.41, 5.74) is 1.24. The van der Waals surface area contributed by atoms with E-state index in [9.17, 15) is 9.59 Å². The molecule has 0 atom stereocenters. The van der Waals surface area contributed by atoms with Gasteiger partial charge in [0.25, 0.3) is 0 Å². The number of unbranched alkanes of at least 4 members (excludes halogenated alkanes) is 16. The second kappa shape index (κ2) is 39.2. The van der Waals surface area contributed by atoms with Gasteiger partial charge in [-0.3, -0.25) is 19.2 Å². The predicted molar refractivity (Wildman–Crippen MR) is 246 cm³/mol. The number of aromatic nitrogens is 2. The Balaban J connectivity index is 2.47. The number of hydrogen-bond donors (Lipinski definition) is 0. The predicted octanol–water partition coefficient (Wildman–Crippen LogP) is 13.3. The lowest BCUT2D eigenvalue weighted by Crippen LogP contribution is -2.25. The van der Waals surface area contributed by atoms with Crippen LogP contribution in [0.5, 0.6) is 0 Å². The van der Waals surface area contributed by atoms with E-state index in [2.05, 4.69) is 62.9 Å². The molecule has 0 unspecified atom stereocenters. The summed E-state index contributed by atoms with van der Waals surface area (Å²) in [6.45, 7) is 15.0. The lowest BCUT2D eigenvalue weighted by Gasteiger charge is -2.22. The van der Waals surface area contributed by atoms with Gasteiger partial charge < -0.3 is 14.4 Å². The van der Waals surface area contributed by atoms with Gasteiger partial charge >= 0.3 is 11.9 Å². The standard InChI is InChI=1S/C50H96N4O4/c1-7-11-15-21-29-46(30-22-16-12-8-2)35-41-57-49(55)33-25-19-27-37-53(44-48-43-51-54(45-48)40-39-52(5)6)38-28-20-26-34-50(56)58-42-36-47(31-23-17-13-9-3)32-24-18-14-10-4/h43,45-47H,7-42,44H2,1-6H3. The van der Waals surface area contributed by atoms with Gasteiger partial charge in [0.1, 0.15) is 0 Å². The van der Waals surface area contributed by atoms with Crippen molar-refractivity contribution in [3.8, 4) is 0 Å². The Morgan fingerprint density at radius 1 is 0.552 bits per heavy atom. The molecule has 1 heterocycles. The van der Waals surface area contributed by atoms with Crippen molar-refractivity contribution in [1.29, 1.82) is 0 Å². The number of carbonyl (C=O) groups is 2. The maximum Gasteiger partial charge on any atom is 0.305 e. The minimum atomic E-state index is -0.0270. The van der Waals surface area contributed by atoms with E-state index >= 15 is 0 Å². The second-order valence-electron chi connectivity index (χ2n) is 18.0. The third kappa shape index (κ3) is 32.9. The summed E-state index contributed by atoms with van der Waals surface area (Å²) in [4.78, 5) is 30.0. The van der Waals surface area contributed by atoms with Crippen LogP contribution in [0, 0.1) is 11.8 Å². The van der Waals surface area contributed by atoms with Crippen LogP contribution >= 0.6 is 0 Å². The van der Waals surface area contributed by atoms with Crippen LogP contribution in [0.2, 0.25) is 0 Å². The topological polar surface area (TPSA) is 76.9 Å². The molecule has 0 fully saturated rings. The third-order valence-electron chi connectivity index (χ3n) is 12.0. The monoisotopic (exact) mass is 817 g/mol. The van der Waals surface area contributed by atoms with Crippen LogP contribution in [-0.2, 0) is 32.2 Å². The first-order valence-electron chi connectivity index (χ1n) is 25.0. The van der Waals surface area contributed by atoms with Gasteiger partial charge in [-0.15, -0.1) is 0 Å². The molecular formula is C50H96N4O4. The lowest BCUT2D eigenvalue weighted by molar-refractivity contribution is -0.145. The Morgan fingerprint density at radius 3 is 1.36 bits per heavy atom. The van der Waals surface area contributed by atoms with Crippen LogP contribution in [0.15, 0.2) is 12.4 Å². The largest absolute Gasteiger partial charge is 0.466 e. The summed E-state index contributed by atoms with van der Waals surface area (Å²) in [6, 6.07) is 0. The SMILES string of the molecule is CCCCCCC(CCCCCC)CCOC(=O)CCCCCN(CCCCCC(=O)OCCC(CCCCCC)CCCCCC)Cc1cnn(CCN(C)C)c1. The van der Waals surface area contributed by atoms with Crippen LogP contribution < -0.4 is 0 Å². The first-order valence-corrected chi connectivity index (χ1v) is 25.0. The summed E-state index contributed by atoms with van der Waals surface area (Å²) >= 11 is 0. The molecule has 340 valence electrons. The highest BCUT2D eigenvalue weighted by molar-refractivity contribution is 5.69. The maximum absolute atomic E-state index is 12.6. The molecule has 0 N–H and O–H groups in total. The average molecular weight is 817 g/mol. The van der Waals surface area contributed by atoms with Crippen molar-refractivity contribution in [2.45, 2.75) is 233 Å². The van der Waals surface area contributed by atoms with E-state index in [-0.39, 0.29) is 11.9 Å². The zero-order valence-electron chi connectivity index (χ0n) is 39.4. The minimum Gasteiger partial charge on any atom is -0.466 e. The van der Waals surface area contributed by atoms with Crippen molar-refractivity contribution in [1.82, 2.24) is 19.6 Å². The number of carbonyl (C=O) groups excluding carboxylic acids is 2. The van der Waals surface area contributed by atoms with Crippen LogP contribution in [0.1, 0.15) is 226 Å². The van der Waals surface area contributed by atoms with Crippen molar-refractivity contribution in [2.24, 2.45) is 11.8 Å². The summed E-state index contributed by atoms with van der Waals surface area (Å²) in [7, 11) is 4.19. The zero-order chi connectivity index (χ0) is 42.3. The Kier molecular flexibility index (Phi) is 36.6. The van der Waals surface area contributed by atoms with Crippen molar-refractivity contribution in [3.05, 3.63) is 18.0 Å². The number of likely N-dealkylation sites (N-methyl/N-ethyl adjacent to an activating group) is 1. The molecule has 1 aromatic heterocycles. The fraction of sp³-hybridized carbons (Fsp3) is 0.900. The number of hydrogen-bond acceptors (Lipinski definition) is 7. The van der Waals surface area contributed by atoms with Crippen LogP contribution in [0.4, 0.5) is 0 Å². The van der Waals surface area contributed by atoms with Gasteiger partial charge in [0.15, 0.2) is 0 Å². The third-order valence-corrected chi connectivity index (χ3v) is 12.0. The number of ether oxygens (including phenoxy) is 2. The molecule has 1 aromatic rings. The quantitative estimate of drug-likeness (QED) is 0.0480. The van der Waals surface area contributed by atoms with Crippen molar-refractivity contribution in [2.75, 3.05) is 46.9 Å². The maximum atomic E-state index is 12.6. The Labute approximate surface area is 359 Å². The number of rotatable bonds is 43. The van der Waals surface area contributed by atoms with E-state index in [1.807, 2.05) is 10.9 Å². The second-order valence-corrected chi connectivity index (χ2v) is 18.0. The van der Waals surface area contributed by atoms with Crippen LogP contribution in [0.25, 0.3) is 0 Å². The highest BCUT2D eigenvalue weighted by Gasteiger charge is 2.14. The molecule has 58 heavy (non-hydrogen) atoms. The molecule has 8 nitrogen and oxygen atoms in total. The normalized spacial score (nSPS) is 11.8. The van der Waals surface area contributed by atoms with E-state index in [1.165, 1.54) is 134 Å². The van der Waals surface area contributed by atoms with Crippen molar-refractivity contribution < 1.29 is 19.1 Å². The Morgan fingerprint density at radius 2 is 0.966 bits per heavy atom. The zero-order valence-corrected chi connectivity index (χ0v) is 39.4. The van der Waals surface area contributed by atoms with Crippen molar-refractivity contribution >= 4 is 11.9 Å². The van der Waals surface area contributed by atoms with Gasteiger partial charge in [0.2, 0.25) is 0 Å². The highest BCUT2D eigenvalue weighted by Crippen LogP contribution is 2.23. The lowest BCUT2D eigenvalue weighted by atomic mass is 9.92. The molecule has 0 amide bonds. The molecule has 1 rings (SSSR count). The van der Waals surface area contributed by atoms with Gasteiger partial charge in [-0.2, -0.15) is 5.10 Å². The highest BCUT2D eigenvalue weighted by atomic mass is 16.5. The number of nitrogens with zero attached hydrogens (tertiary/aromatic N) is 4. The number of esters is 2. The van der Waals surface area contributed by atoms with E-state index in [1.54, 1.807) is 0 Å². The fourth-order valence-electron chi connectivity index (χ4n) is 8.13.